The normalized spacial score (nSPS) is 32.1. The molecule has 1 aliphatic carbocycles. The molecule has 6 N–H and O–H groups in total. The topological polar surface area (TPSA) is 90.4 Å². The zero-order chi connectivity index (χ0) is 7.56. The maximum Gasteiger partial charge on any atom is 0.186 e. The summed E-state index contributed by atoms with van der Waals surface area (Å²) in [5.74, 6) is 0.155. The van der Waals surface area contributed by atoms with Crippen molar-refractivity contribution in [2.24, 2.45) is 22.2 Å². The maximum absolute atomic E-state index is 5.71. The van der Waals surface area contributed by atoms with E-state index in [-0.39, 0.29) is 18.0 Å². The van der Waals surface area contributed by atoms with E-state index in [9.17, 15) is 0 Å². The van der Waals surface area contributed by atoms with Crippen molar-refractivity contribution in [3.05, 3.63) is 0 Å². The Morgan fingerprint density at radius 2 is 2.00 bits per heavy atom. The first-order chi connectivity index (χ1) is 4.70. The molecule has 0 saturated heterocycles. The van der Waals surface area contributed by atoms with Crippen LogP contribution in [0.4, 0.5) is 0 Å². The highest BCUT2D eigenvalue weighted by molar-refractivity contribution is 5.75. The van der Waals surface area contributed by atoms with E-state index in [2.05, 4.69) is 4.99 Å². The zero-order valence-electron chi connectivity index (χ0n) is 5.96. The lowest BCUT2D eigenvalue weighted by atomic mass is 10.2. The van der Waals surface area contributed by atoms with Gasteiger partial charge in [-0.25, -0.2) is 4.99 Å². The second kappa shape index (κ2) is 2.88. The fourth-order valence-corrected chi connectivity index (χ4v) is 1.32. The highest BCUT2D eigenvalue weighted by atomic mass is 15.0. The number of aliphatic imine (C=N–C) groups is 1. The molecular formula is C6H14N4. The molecule has 1 aliphatic rings. The summed E-state index contributed by atoms with van der Waals surface area (Å²) in [6, 6.07) is 0.340. The van der Waals surface area contributed by atoms with Crippen LogP contribution in [0, 0.1) is 0 Å². The Kier molecular flexibility index (Phi) is 2.11. The number of nitrogens with two attached hydrogens (primary N) is 3. The van der Waals surface area contributed by atoms with Gasteiger partial charge in [-0.1, -0.05) is 0 Å². The van der Waals surface area contributed by atoms with Crippen LogP contribution in [0.25, 0.3) is 0 Å². The Morgan fingerprint density at radius 1 is 1.30 bits per heavy atom. The molecule has 10 heavy (non-hydrogen) atoms. The van der Waals surface area contributed by atoms with Gasteiger partial charge in [-0.15, -0.1) is 0 Å². The van der Waals surface area contributed by atoms with E-state index in [1.54, 1.807) is 0 Å². The van der Waals surface area contributed by atoms with Gasteiger partial charge in [-0.3, -0.25) is 0 Å². The molecular weight excluding hydrogens is 128 g/mol. The molecule has 0 amide bonds. The number of nitrogens with zero attached hydrogens (tertiary/aromatic N) is 1. The predicted molar refractivity (Wildman–Crippen MR) is 41.4 cm³/mol. The van der Waals surface area contributed by atoms with E-state index in [0.29, 0.717) is 0 Å². The van der Waals surface area contributed by atoms with Gasteiger partial charge in [0.2, 0.25) is 0 Å². The molecule has 0 aromatic rings. The Morgan fingerprint density at radius 3 is 2.40 bits per heavy atom. The summed E-state index contributed by atoms with van der Waals surface area (Å²) >= 11 is 0. The fraction of sp³-hybridized carbons (Fsp3) is 0.833. The van der Waals surface area contributed by atoms with Gasteiger partial charge in [0.15, 0.2) is 5.96 Å². The molecule has 0 spiro atoms. The predicted octanol–water partition coefficient (Wildman–Crippen LogP) is -0.860. The molecule has 1 rings (SSSR count). The summed E-state index contributed by atoms with van der Waals surface area (Å²) in [6.45, 7) is 0. The van der Waals surface area contributed by atoms with Crippen LogP contribution in [-0.2, 0) is 0 Å². The Labute approximate surface area is 60.5 Å². The molecule has 0 bridgehead atoms. The zero-order valence-corrected chi connectivity index (χ0v) is 5.96. The average molecular weight is 142 g/mol. The summed E-state index contributed by atoms with van der Waals surface area (Å²) in [7, 11) is 0. The van der Waals surface area contributed by atoms with Crippen LogP contribution in [0.5, 0.6) is 0 Å². The van der Waals surface area contributed by atoms with Crippen molar-refractivity contribution in [2.45, 2.75) is 31.3 Å². The van der Waals surface area contributed by atoms with Gasteiger partial charge >= 0.3 is 0 Å². The van der Waals surface area contributed by atoms with E-state index in [1.807, 2.05) is 0 Å². The quantitative estimate of drug-likeness (QED) is 0.328. The molecule has 0 aromatic carbocycles. The third-order valence-corrected chi connectivity index (χ3v) is 1.85. The molecule has 0 aliphatic heterocycles. The van der Waals surface area contributed by atoms with E-state index in [4.69, 9.17) is 17.2 Å². The van der Waals surface area contributed by atoms with E-state index >= 15 is 0 Å². The third-order valence-electron chi connectivity index (χ3n) is 1.85. The molecule has 1 fully saturated rings. The lowest BCUT2D eigenvalue weighted by molar-refractivity contribution is 0.604. The van der Waals surface area contributed by atoms with Gasteiger partial charge in [0, 0.05) is 6.04 Å². The van der Waals surface area contributed by atoms with Gasteiger partial charge < -0.3 is 17.2 Å². The molecule has 0 heterocycles. The van der Waals surface area contributed by atoms with Gasteiger partial charge in [-0.2, -0.15) is 0 Å². The highest BCUT2D eigenvalue weighted by Crippen LogP contribution is 2.19. The molecule has 1 saturated carbocycles. The monoisotopic (exact) mass is 142 g/mol. The van der Waals surface area contributed by atoms with Gasteiger partial charge in [0.1, 0.15) is 0 Å². The molecule has 2 unspecified atom stereocenters. The Balaban J connectivity index is 2.48. The number of hydrogen-bond donors (Lipinski definition) is 3. The minimum absolute atomic E-state index is 0.155. The molecule has 0 radical (unpaired) electrons. The second-order valence-corrected chi connectivity index (χ2v) is 2.72. The van der Waals surface area contributed by atoms with Gasteiger partial charge in [0.25, 0.3) is 0 Å². The lowest BCUT2D eigenvalue weighted by Crippen LogP contribution is -2.32. The molecule has 58 valence electrons. The van der Waals surface area contributed by atoms with Gasteiger partial charge in [-0.05, 0) is 19.3 Å². The highest BCUT2D eigenvalue weighted by Gasteiger charge is 2.22. The average Bonchev–Trinajstić information content (AvgIpc) is 2.15. The first-order valence-corrected chi connectivity index (χ1v) is 3.54. The van der Waals surface area contributed by atoms with Crippen LogP contribution in [0.15, 0.2) is 4.99 Å². The van der Waals surface area contributed by atoms with Crippen LogP contribution in [-0.4, -0.2) is 18.0 Å². The van der Waals surface area contributed by atoms with Crippen LogP contribution >= 0.6 is 0 Å². The number of rotatable bonds is 1. The van der Waals surface area contributed by atoms with Crippen molar-refractivity contribution in [1.29, 1.82) is 0 Å². The van der Waals surface area contributed by atoms with Gasteiger partial charge in [0.05, 0.1) is 6.04 Å². The van der Waals surface area contributed by atoms with Crippen LogP contribution in [0.2, 0.25) is 0 Å². The number of hydrogen-bond acceptors (Lipinski definition) is 2. The first-order valence-electron chi connectivity index (χ1n) is 3.54. The molecule has 2 atom stereocenters. The first kappa shape index (κ1) is 7.34. The summed E-state index contributed by atoms with van der Waals surface area (Å²) in [5.41, 5.74) is 16.1. The fourth-order valence-electron chi connectivity index (χ4n) is 1.32. The number of guanidine groups is 1. The SMILES string of the molecule is NC(N)=NC1CCCC1N. The smallest absolute Gasteiger partial charge is 0.186 e. The summed E-state index contributed by atoms with van der Waals surface area (Å²) in [6.07, 6.45) is 3.21. The van der Waals surface area contributed by atoms with Crippen molar-refractivity contribution in [3.63, 3.8) is 0 Å². The largest absolute Gasteiger partial charge is 0.370 e. The van der Waals surface area contributed by atoms with E-state index in [1.165, 1.54) is 0 Å². The molecule has 0 aromatic heterocycles. The summed E-state index contributed by atoms with van der Waals surface area (Å²) < 4.78 is 0. The summed E-state index contributed by atoms with van der Waals surface area (Å²) in [5, 5.41) is 0. The minimum atomic E-state index is 0.155. The van der Waals surface area contributed by atoms with Crippen LogP contribution < -0.4 is 17.2 Å². The van der Waals surface area contributed by atoms with Crippen molar-refractivity contribution >= 4 is 5.96 Å². The minimum Gasteiger partial charge on any atom is -0.370 e. The second-order valence-electron chi connectivity index (χ2n) is 2.72. The van der Waals surface area contributed by atoms with Crippen LogP contribution in [0.1, 0.15) is 19.3 Å². The Bertz CT molecular complexity index is 139. The molecule has 4 nitrogen and oxygen atoms in total. The maximum atomic E-state index is 5.71. The van der Waals surface area contributed by atoms with Crippen molar-refractivity contribution in [3.8, 4) is 0 Å². The van der Waals surface area contributed by atoms with E-state index < -0.39 is 0 Å². The lowest BCUT2D eigenvalue weighted by Gasteiger charge is -2.08. The Hall–Kier alpha value is -0.770. The third kappa shape index (κ3) is 1.60. The van der Waals surface area contributed by atoms with Crippen LogP contribution in [0.3, 0.4) is 0 Å². The summed E-state index contributed by atoms with van der Waals surface area (Å²) in [4.78, 5) is 4.00. The molecule has 4 heteroatoms. The van der Waals surface area contributed by atoms with Crippen molar-refractivity contribution < 1.29 is 0 Å². The van der Waals surface area contributed by atoms with Crippen molar-refractivity contribution in [1.82, 2.24) is 0 Å². The van der Waals surface area contributed by atoms with E-state index in [0.717, 1.165) is 19.3 Å². The van der Waals surface area contributed by atoms with Crippen molar-refractivity contribution in [2.75, 3.05) is 0 Å². The standard InChI is InChI=1S/C6H14N4/c7-4-2-1-3-5(4)10-6(8)9/h4-5H,1-3,7H2,(H4,8,9,10).